The number of hydrogen-bond acceptors (Lipinski definition) is 5. The predicted octanol–water partition coefficient (Wildman–Crippen LogP) is 0.0440. The van der Waals surface area contributed by atoms with Crippen LogP contribution in [0.1, 0.15) is 12.8 Å². The first-order valence-corrected chi connectivity index (χ1v) is 4.54. The number of carbonyl (C=O) groups excluding carboxylic acids is 1. The van der Waals surface area contributed by atoms with Gasteiger partial charge in [-0.15, -0.1) is 0 Å². The summed E-state index contributed by atoms with van der Waals surface area (Å²) in [6.07, 6.45) is 2.58. The van der Waals surface area contributed by atoms with Gasteiger partial charge in [0.25, 0.3) is 5.91 Å². The third-order valence-electron chi connectivity index (χ3n) is 1.97. The highest BCUT2D eigenvalue weighted by Crippen LogP contribution is 2.17. The smallest absolute Gasteiger partial charge is 0.309 e. The van der Waals surface area contributed by atoms with Crippen molar-refractivity contribution < 1.29 is 14.7 Å². The van der Waals surface area contributed by atoms with Crippen LogP contribution in [0.4, 0.5) is 5.82 Å². The van der Waals surface area contributed by atoms with Gasteiger partial charge in [-0.25, -0.2) is 9.97 Å². The van der Waals surface area contributed by atoms with Crippen molar-refractivity contribution in [3.63, 3.8) is 0 Å². The lowest BCUT2D eigenvalue weighted by molar-refractivity contribution is -0.135. The number of nitrogens with zero attached hydrogens (tertiary/aromatic N) is 4. The van der Waals surface area contributed by atoms with E-state index in [1.165, 1.54) is 18.6 Å². The van der Waals surface area contributed by atoms with Crippen molar-refractivity contribution in [1.82, 2.24) is 9.97 Å². The molecule has 0 aliphatic carbocycles. The number of aliphatic carboxylic acids is 1. The van der Waals surface area contributed by atoms with Crippen molar-refractivity contribution in [2.75, 3.05) is 5.01 Å². The van der Waals surface area contributed by atoms with E-state index in [0.717, 1.165) is 5.01 Å². The number of carboxylic acids is 1. The zero-order valence-corrected chi connectivity index (χ0v) is 8.20. The monoisotopic (exact) mass is 220 g/mol. The number of carbonyl (C=O) groups is 2. The van der Waals surface area contributed by atoms with Crippen LogP contribution in [-0.4, -0.2) is 32.7 Å². The summed E-state index contributed by atoms with van der Waals surface area (Å²) in [5.41, 5.74) is 0.330. The van der Waals surface area contributed by atoms with E-state index in [1.807, 2.05) is 0 Å². The molecule has 1 amide bonds. The SMILES string of the molecule is O=C(O)CC1=NN(c2ccncn2)C(=O)C1. The highest BCUT2D eigenvalue weighted by atomic mass is 16.4. The largest absolute Gasteiger partial charge is 0.481 e. The summed E-state index contributed by atoms with van der Waals surface area (Å²) in [5.74, 6) is -0.938. The van der Waals surface area contributed by atoms with Gasteiger partial charge in [0.05, 0.1) is 18.6 Å². The Balaban J connectivity index is 2.20. The molecule has 0 aromatic carbocycles. The number of carboxylic acid groups (broad SMARTS) is 1. The molecular formula is C9H8N4O3. The van der Waals surface area contributed by atoms with Crippen molar-refractivity contribution >= 4 is 23.4 Å². The van der Waals surface area contributed by atoms with Crippen LogP contribution in [-0.2, 0) is 9.59 Å². The molecule has 1 aromatic heterocycles. The van der Waals surface area contributed by atoms with E-state index in [2.05, 4.69) is 15.1 Å². The van der Waals surface area contributed by atoms with Gasteiger partial charge in [0, 0.05) is 12.3 Å². The fraction of sp³-hybridized carbons (Fsp3) is 0.222. The van der Waals surface area contributed by atoms with Crippen LogP contribution in [0, 0.1) is 0 Å². The molecule has 1 aromatic rings. The molecule has 1 N–H and O–H groups in total. The molecule has 7 nitrogen and oxygen atoms in total. The summed E-state index contributed by atoms with van der Waals surface area (Å²) >= 11 is 0. The van der Waals surface area contributed by atoms with E-state index in [4.69, 9.17) is 5.11 Å². The van der Waals surface area contributed by atoms with Gasteiger partial charge in [-0.1, -0.05) is 0 Å². The Kier molecular flexibility index (Phi) is 2.59. The Morgan fingerprint density at radius 2 is 2.38 bits per heavy atom. The standard InChI is InChI=1S/C9H8N4O3/c14-8-3-6(4-9(15)16)12-13(8)7-1-2-10-5-11-7/h1-2,5H,3-4H2,(H,15,16). The molecule has 7 heteroatoms. The first kappa shape index (κ1) is 10.2. The Labute approximate surface area is 90.4 Å². The molecule has 1 aliphatic heterocycles. The fourth-order valence-corrected chi connectivity index (χ4v) is 1.34. The number of amides is 1. The van der Waals surface area contributed by atoms with Crippen LogP contribution < -0.4 is 5.01 Å². The van der Waals surface area contributed by atoms with Gasteiger partial charge in [-0.05, 0) is 0 Å². The van der Waals surface area contributed by atoms with E-state index >= 15 is 0 Å². The first-order chi connectivity index (χ1) is 7.66. The maximum atomic E-state index is 11.5. The van der Waals surface area contributed by atoms with E-state index in [-0.39, 0.29) is 18.7 Å². The molecule has 2 rings (SSSR count). The molecule has 1 aliphatic rings. The van der Waals surface area contributed by atoms with E-state index < -0.39 is 5.97 Å². The summed E-state index contributed by atoms with van der Waals surface area (Å²) < 4.78 is 0. The zero-order valence-electron chi connectivity index (χ0n) is 8.20. The minimum Gasteiger partial charge on any atom is -0.481 e. The lowest BCUT2D eigenvalue weighted by Gasteiger charge is -2.08. The topological polar surface area (TPSA) is 95.8 Å². The van der Waals surface area contributed by atoms with Crippen molar-refractivity contribution in [3.05, 3.63) is 18.6 Å². The quantitative estimate of drug-likeness (QED) is 0.776. The first-order valence-electron chi connectivity index (χ1n) is 4.54. The van der Waals surface area contributed by atoms with Crippen molar-refractivity contribution in [3.8, 4) is 0 Å². The third kappa shape index (κ3) is 2.02. The molecule has 82 valence electrons. The van der Waals surface area contributed by atoms with Crippen LogP contribution in [0.25, 0.3) is 0 Å². The van der Waals surface area contributed by atoms with Gasteiger partial charge in [0.1, 0.15) is 6.33 Å². The molecular weight excluding hydrogens is 212 g/mol. The molecule has 0 bridgehead atoms. The number of aromatic nitrogens is 2. The van der Waals surface area contributed by atoms with Crippen LogP contribution in [0.3, 0.4) is 0 Å². The second-order valence-electron chi connectivity index (χ2n) is 3.19. The lowest BCUT2D eigenvalue weighted by atomic mass is 10.2. The van der Waals surface area contributed by atoms with Crippen LogP contribution in [0.5, 0.6) is 0 Å². The van der Waals surface area contributed by atoms with Crippen LogP contribution in [0.2, 0.25) is 0 Å². The van der Waals surface area contributed by atoms with Gasteiger partial charge in [0.15, 0.2) is 5.82 Å². The summed E-state index contributed by atoms with van der Waals surface area (Å²) in [5, 5.41) is 13.6. The number of hydrogen-bond donors (Lipinski definition) is 1. The molecule has 0 spiro atoms. The maximum Gasteiger partial charge on any atom is 0.309 e. The van der Waals surface area contributed by atoms with Gasteiger partial charge < -0.3 is 5.11 Å². The molecule has 0 unspecified atom stereocenters. The normalized spacial score (nSPS) is 15.1. The van der Waals surface area contributed by atoms with Gasteiger partial charge >= 0.3 is 5.97 Å². The summed E-state index contributed by atoms with van der Waals surface area (Å²) in [7, 11) is 0. The zero-order chi connectivity index (χ0) is 11.5. The Morgan fingerprint density at radius 3 is 3.00 bits per heavy atom. The predicted molar refractivity (Wildman–Crippen MR) is 53.8 cm³/mol. The highest BCUT2D eigenvalue weighted by molar-refractivity contribution is 6.16. The Morgan fingerprint density at radius 1 is 1.56 bits per heavy atom. The van der Waals surface area contributed by atoms with E-state index in [0.29, 0.717) is 11.5 Å². The second kappa shape index (κ2) is 4.05. The Bertz CT molecular complexity index is 457. The van der Waals surface area contributed by atoms with Gasteiger partial charge in [-0.3, -0.25) is 9.59 Å². The Hall–Kier alpha value is -2.31. The number of rotatable bonds is 3. The molecule has 0 atom stereocenters. The van der Waals surface area contributed by atoms with Crippen LogP contribution >= 0.6 is 0 Å². The highest BCUT2D eigenvalue weighted by Gasteiger charge is 2.26. The van der Waals surface area contributed by atoms with Crippen molar-refractivity contribution in [2.45, 2.75) is 12.8 Å². The molecule has 0 saturated heterocycles. The average molecular weight is 220 g/mol. The van der Waals surface area contributed by atoms with Gasteiger partial charge in [-0.2, -0.15) is 10.1 Å². The van der Waals surface area contributed by atoms with Crippen molar-refractivity contribution in [2.24, 2.45) is 5.10 Å². The third-order valence-corrected chi connectivity index (χ3v) is 1.97. The molecule has 0 radical (unpaired) electrons. The van der Waals surface area contributed by atoms with Crippen LogP contribution in [0.15, 0.2) is 23.7 Å². The number of hydrazone groups is 1. The van der Waals surface area contributed by atoms with E-state index in [1.54, 1.807) is 0 Å². The summed E-state index contributed by atoms with van der Waals surface area (Å²) in [4.78, 5) is 29.6. The minimum absolute atomic E-state index is 0.0241. The fourth-order valence-electron chi connectivity index (χ4n) is 1.34. The molecule has 0 saturated carbocycles. The molecule has 16 heavy (non-hydrogen) atoms. The minimum atomic E-state index is -1.00. The molecule has 0 fully saturated rings. The van der Waals surface area contributed by atoms with Crippen molar-refractivity contribution in [1.29, 1.82) is 0 Å². The average Bonchev–Trinajstić information content (AvgIpc) is 2.60. The number of anilines is 1. The maximum absolute atomic E-state index is 11.5. The lowest BCUT2D eigenvalue weighted by Crippen LogP contribution is -2.20. The van der Waals surface area contributed by atoms with Gasteiger partial charge in [0.2, 0.25) is 0 Å². The van der Waals surface area contributed by atoms with E-state index in [9.17, 15) is 9.59 Å². The molecule has 2 heterocycles. The second-order valence-corrected chi connectivity index (χ2v) is 3.19. The summed E-state index contributed by atoms with van der Waals surface area (Å²) in [6, 6.07) is 1.53. The summed E-state index contributed by atoms with van der Waals surface area (Å²) in [6.45, 7) is 0.